The standard InChI is InChI=1S/C19H24N2O5/c1-23-15-4-6-16(7-5-15)26-14-19(22)20-13-17(18-3-2-10-25-18)21-8-11-24-12-9-21/h2-7,10,17H,8-9,11-14H2,1H3,(H,20,22)/t17-/m0/s1. The SMILES string of the molecule is COc1ccc(OCC(=O)NC[C@@H](c2ccco2)N2CCOCC2)cc1. The zero-order valence-electron chi connectivity index (χ0n) is 14.8. The van der Waals surface area contributed by atoms with Gasteiger partial charge in [-0.1, -0.05) is 0 Å². The number of carbonyl (C=O) groups is 1. The molecular weight excluding hydrogens is 336 g/mol. The zero-order chi connectivity index (χ0) is 18.2. The first-order valence-corrected chi connectivity index (χ1v) is 8.65. The molecule has 2 aromatic rings. The second-order valence-corrected chi connectivity index (χ2v) is 5.95. The Hall–Kier alpha value is -2.51. The van der Waals surface area contributed by atoms with Crippen LogP contribution in [-0.2, 0) is 9.53 Å². The van der Waals surface area contributed by atoms with Gasteiger partial charge in [0.2, 0.25) is 0 Å². The van der Waals surface area contributed by atoms with Crippen molar-refractivity contribution in [3.8, 4) is 11.5 Å². The Morgan fingerprint density at radius 1 is 1.19 bits per heavy atom. The van der Waals surface area contributed by atoms with Crippen LogP contribution in [0.2, 0.25) is 0 Å². The van der Waals surface area contributed by atoms with E-state index in [1.54, 1.807) is 37.6 Å². The van der Waals surface area contributed by atoms with E-state index in [1.165, 1.54) is 0 Å². The molecule has 1 fully saturated rings. The molecule has 0 bridgehead atoms. The van der Waals surface area contributed by atoms with Gasteiger partial charge in [0, 0.05) is 19.6 Å². The molecule has 26 heavy (non-hydrogen) atoms. The van der Waals surface area contributed by atoms with Gasteiger partial charge in [-0.05, 0) is 36.4 Å². The number of hydrogen-bond acceptors (Lipinski definition) is 6. The topological polar surface area (TPSA) is 73.2 Å². The van der Waals surface area contributed by atoms with E-state index in [-0.39, 0.29) is 18.6 Å². The second-order valence-electron chi connectivity index (χ2n) is 5.95. The number of carbonyl (C=O) groups excluding carboxylic acids is 1. The van der Waals surface area contributed by atoms with Crippen molar-refractivity contribution in [2.24, 2.45) is 0 Å². The van der Waals surface area contributed by atoms with Crippen molar-refractivity contribution in [1.29, 1.82) is 0 Å². The predicted molar refractivity (Wildman–Crippen MR) is 95.3 cm³/mol. The molecule has 7 nitrogen and oxygen atoms in total. The molecule has 1 saturated heterocycles. The summed E-state index contributed by atoms with van der Waals surface area (Å²) in [5.41, 5.74) is 0. The number of morpholine rings is 1. The van der Waals surface area contributed by atoms with E-state index in [2.05, 4.69) is 10.2 Å². The van der Waals surface area contributed by atoms with Gasteiger partial charge >= 0.3 is 0 Å². The summed E-state index contributed by atoms with van der Waals surface area (Å²) >= 11 is 0. The van der Waals surface area contributed by atoms with Gasteiger partial charge in [-0.25, -0.2) is 0 Å². The molecule has 0 radical (unpaired) electrons. The van der Waals surface area contributed by atoms with Crippen molar-refractivity contribution in [3.63, 3.8) is 0 Å². The fourth-order valence-corrected chi connectivity index (χ4v) is 2.86. The summed E-state index contributed by atoms with van der Waals surface area (Å²) in [7, 11) is 1.60. The maximum absolute atomic E-state index is 12.2. The van der Waals surface area contributed by atoms with Crippen LogP contribution < -0.4 is 14.8 Å². The number of furan rings is 1. The third-order valence-electron chi connectivity index (χ3n) is 4.28. The van der Waals surface area contributed by atoms with Gasteiger partial charge in [0.05, 0.1) is 32.6 Å². The van der Waals surface area contributed by atoms with E-state index >= 15 is 0 Å². The molecule has 0 aliphatic carbocycles. The van der Waals surface area contributed by atoms with Crippen LogP contribution in [0.1, 0.15) is 11.8 Å². The first-order valence-electron chi connectivity index (χ1n) is 8.65. The Balaban J connectivity index is 1.50. The number of nitrogens with one attached hydrogen (secondary N) is 1. The Morgan fingerprint density at radius 3 is 2.58 bits per heavy atom. The van der Waals surface area contributed by atoms with E-state index in [0.717, 1.165) is 24.6 Å². The number of hydrogen-bond donors (Lipinski definition) is 1. The molecule has 2 heterocycles. The monoisotopic (exact) mass is 360 g/mol. The smallest absolute Gasteiger partial charge is 0.258 e. The Morgan fingerprint density at radius 2 is 1.92 bits per heavy atom. The Kier molecular flexibility index (Phi) is 6.51. The highest BCUT2D eigenvalue weighted by Crippen LogP contribution is 2.21. The van der Waals surface area contributed by atoms with E-state index in [4.69, 9.17) is 18.6 Å². The van der Waals surface area contributed by atoms with Crippen molar-refractivity contribution in [1.82, 2.24) is 10.2 Å². The minimum absolute atomic E-state index is 0.0150. The molecule has 1 aromatic carbocycles. The summed E-state index contributed by atoms with van der Waals surface area (Å²) in [4.78, 5) is 14.4. The van der Waals surface area contributed by atoms with Crippen LogP contribution in [0.3, 0.4) is 0 Å². The first-order chi connectivity index (χ1) is 12.8. The fourth-order valence-electron chi connectivity index (χ4n) is 2.86. The fraction of sp³-hybridized carbons (Fsp3) is 0.421. The lowest BCUT2D eigenvalue weighted by Crippen LogP contribution is -2.44. The zero-order valence-corrected chi connectivity index (χ0v) is 14.8. The molecule has 1 atom stereocenters. The van der Waals surface area contributed by atoms with Crippen LogP contribution in [0.4, 0.5) is 0 Å². The van der Waals surface area contributed by atoms with Crippen molar-refractivity contribution in [2.45, 2.75) is 6.04 Å². The number of nitrogens with zero attached hydrogens (tertiary/aromatic N) is 1. The van der Waals surface area contributed by atoms with Crippen molar-refractivity contribution in [2.75, 3.05) is 46.6 Å². The maximum atomic E-state index is 12.2. The average molecular weight is 360 g/mol. The van der Waals surface area contributed by atoms with Crippen LogP contribution >= 0.6 is 0 Å². The molecule has 7 heteroatoms. The molecule has 1 amide bonds. The van der Waals surface area contributed by atoms with Crippen LogP contribution in [0, 0.1) is 0 Å². The number of methoxy groups -OCH3 is 1. The molecule has 0 spiro atoms. The van der Waals surface area contributed by atoms with Gasteiger partial charge in [-0.3, -0.25) is 9.69 Å². The number of benzene rings is 1. The Labute approximate surface area is 152 Å². The molecule has 0 saturated carbocycles. The molecule has 1 aliphatic heterocycles. The van der Waals surface area contributed by atoms with Crippen molar-refractivity contribution < 1.29 is 23.4 Å². The molecule has 140 valence electrons. The molecule has 1 aromatic heterocycles. The molecule has 1 N–H and O–H groups in total. The van der Waals surface area contributed by atoms with Gasteiger partial charge in [-0.2, -0.15) is 0 Å². The van der Waals surface area contributed by atoms with Crippen LogP contribution in [-0.4, -0.2) is 57.4 Å². The highest BCUT2D eigenvalue weighted by molar-refractivity contribution is 5.77. The maximum Gasteiger partial charge on any atom is 0.258 e. The summed E-state index contributed by atoms with van der Waals surface area (Å²) in [5.74, 6) is 2.03. The third kappa shape index (κ3) is 5.00. The van der Waals surface area contributed by atoms with Gasteiger partial charge in [0.25, 0.3) is 5.91 Å². The number of amides is 1. The lowest BCUT2D eigenvalue weighted by molar-refractivity contribution is -0.123. The molecule has 3 rings (SSSR count). The highest BCUT2D eigenvalue weighted by atomic mass is 16.5. The van der Waals surface area contributed by atoms with E-state index in [9.17, 15) is 4.79 Å². The largest absolute Gasteiger partial charge is 0.497 e. The van der Waals surface area contributed by atoms with E-state index < -0.39 is 0 Å². The summed E-state index contributed by atoms with van der Waals surface area (Å²) < 4.78 is 21.6. The number of rotatable bonds is 8. The van der Waals surface area contributed by atoms with Crippen LogP contribution in [0.5, 0.6) is 11.5 Å². The lowest BCUT2D eigenvalue weighted by Gasteiger charge is -2.33. The van der Waals surface area contributed by atoms with E-state index in [1.807, 2.05) is 12.1 Å². The van der Waals surface area contributed by atoms with Crippen molar-refractivity contribution >= 4 is 5.91 Å². The van der Waals surface area contributed by atoms with Gasteiger partial charge in [0.15, 0.2) is 6.61 Å². The molecular formula is C19H24N2O5. The number of ether oxygens (including phenoxy) is 3. The second kappa shape index (κ2) is 9.26. The van der Waals surface area contributed by atoms with Gasteiger partial charge < -0.3 is 23.9 Å². The molecule has 1 aliphatic rings. The minimum Gasteiger partial charge on any atom is -0.497 e. The van der Waals surface area contributed by atoms with Gasteiger partial charge in [0.1, 0.15) is 17.3 Å². The summed E-state index contributed by atoms with van der Waals surface area (Å²) in [6.45, 7) is 3.41. The predicted octanol–water partition coefficient (Wildman–Crippen LogP) is 1.86. The lowest BCUT2D eigenvalue weighted by atomic mass is 10.1. The van der Waals surface area contributed by atoms with Gasteiger partial charge in [-0.15, -0.1) is 0 Å². The average Bonchev–Trinajstić information content (AvgIpc) is 3.22. The van der Waals surface area contributed by atoms with E-state index in [0.29, 0.717) is 25.5 Å². The van der Waals surface area contributed by atoms with Crippen LogP contribution in [0.15, 0.2) is 47.1 Å². The third-order valence-corrected chi connectivity index (χ3v) is 4.28. The summed E-state index contributed by atoms with van der Waals surface area (Å²) in [5, 5.41) is 2.93. The minimum atomic E-state index is -0.175. The van der Waals surface area contributed by atoms with Crippen LogP contribution in [0.25, 0.3) is 0 Å². The molecule has 0 unspecified atom stereocenters. The highest BCUT2D eigenvalue weighted by Gasteiger charge is 2.25. The quantitative estimate of drug-likeness (QED) is 0.775. The first kappa shape index (κ1) is 18.3. The Bertz CT molecular complexity index is 666. The summed E-state index contributed by atoms with van der Waals surface area (Å²) in [6.07, 6.45) is 1.65. The van der Waals surface area contributed by atoms with Crippen molar-refractivity contribution in [3.05, 3.63) is 48.4 Å². The summed E-state index contributed by atoms with van der Waals surface area (Å²) in [6, 6.07) is 10.9. The normalized spacial score (nSPS) is 16.0.